The maximum atomic E-state index is 14.4. The number of methoxy groups -OCH3 is 2. The van der Waals surface area contributed by atoms with Crippen molar-refractivity contribution >= 4 is 11.8 Å². The summed E-state index contributed by atoms with van der Waals surface area (Å²) < 4.78 is 46.4. The number of ether oxygens (including phenoxy) is 7. The molecule has 67 heavy (non-hydrogen) atoms. The van der Waals surface area contributed by atoms with Gasteiger partial charge in [0.15, 0.2) is 6.29 Å². The summed E-state index contributed by atoms with van der Waals surface area (Å²) in [7, 11) is 5.00. The summed E-state index contributed by atoms with van der Waals surface area (Å²) in [6, 6.07) is 5.43. The maximum absolute atomic E-state index is 14.4. The monoisotopic (exact) mass is 948 g/mol. The van der Waals surface area contributed by atoms with Gasteiger partial charge in [0.2, 0.25) is 0 Å². The first-order valence-corrected chi connectivity index (χ1v) is 24.2. The van der Waals surface area contributed by atoms with Crippen LogP contribution in [0.4, 0.5) is 0 Å². The van der Waals surface area contributed by atoms with E-state index in [4.69, 9.17) is 33.2 Å². The van der Waals surface area contributed by atoms with Gasteiger partial charge in [0.05, 0.1) is 66.0 Å². The van der Waals surface area contributed by atoms with Crippen molar-refractivity contribution < 1.29 is 63.2 Å². The van der Waals surface area contributed by atoms with Crippen LogP contribution in [0.3, 0.4) is 0 Å². The summed E-state index contributed by atoms with van der Waals surface area (Å²) in [5.74, 6) is -4.50. The van der Waals surface area contributed by atoms with Crippen LogP contribution in [0.1, 0.15) is 106 Å². The molecule has 18 nitrogen and oxygen atoms in total. The Morgan fingerprint density at radius 3 is 2.25 bits per heavy atom. The Labute approximate surface area is 397 Å². The SMILES string of the molecule is CC[C@H]1OC(=O)[C@H](C)[C@@H](OC[C@H]2C[C@@](C)(OC)[C@@H](O)[C@H](C)O2)[C@H](C)[C@@H](O[C@@H]2O[C@H](C)C[C@H](N(C)CCc3cn(CCc4ccccn4)nn3)[C@H]2O)[C@](C)(OC)C[C@@H](C)C(=O)[C@H](C)[C@@H](O)[C@]1(C)O. The Morgan fingerprint density at radius 2 is 1.61 bits per heavy atom. The van der Waals surface area contributed by atoms with Crippen LogP contribution in [-0.4, -0.2) is 176 Å². The lowest BCUT2D eigenvalue weighted by atomic mass is 9.74. The number of Topliss-reactive ketones (excluding diaryl/α,β-unsaturated/α-hetero) is 1. The number of ketones is 1. The minimum atomic E-state index is -1.98. The van der Waals surface area contributed by atoms with E-state index in [0.29, 0.717) is 32.4 Å². The van der Waals surface area contributed by atoms with E-state index in [1.165, 1.54) is 21.1 Å². The second kappa shape index (κ2) is 23.3. The zero-order valence-corrected chi connectivity index (χ0v) is 42.1. The Hall–Kier alpha value is -3.01. The summed E-state index contributed by atoms with van der Waals surface area (Å²) in [4.78, 5) is 35.1. The summed E-state index contributed by atoms with van der Waals surface area (Å²) >= 11 is 0. The number of esters is 1. The molecule has 0 aliphatic carbocycles. The van der Waals surface area contributed by atoms with Crippen LogP contribution in [-0.2, 0) is 62.1 Å². The summed E-state index contributed by atoms with van der Waals surface area (Å²) in [6.07, 6.45) is -3.34. The first-order chi connectivity index (χ1) is 31.5. The number of aryl methyl sites for hydroxylation is 2. The van der Waals surface area contributed by atoms with Gasteiger partial charge in [0, 0.05) is 88.5 Å². The smallest absolute Gasteiger partial charge is 0.311 e. The molecule has 18 heteroatoms. The molecule has 0 bridgehead atoms. The molecule has 2 aromatic heterocycles. The fraction of sp³-hybridized carbons (Fsp3) is 0.816. The molecule has 0 unspecified atom stereocenters. The molecule has 5 rings (SSSR count). The molecule has 18 atom stereocenters. The van der Waals surface area contributed by atoms with E-state index < -0.39 is 108 Å². The first kappa shape index (κ1) is 54.9. The first-order valence-electron chi connectivity index (χ1n) is 24.2. The fourth-order valence-corrected chi connectivity index (χ4v) is 10.6. The summed E-state index contributed by atoms with van der Waals surface area (Å²) in [5, 5.41) is 55.2. The normalized spacial score (nSPS) is 40.7. The van der Waals surface area contributed by atoms with Crippen LogP contribution in [0.5, 0.6) is 0 Å². The van der Waals surface area contributed by atoms with Gasteiger partial charge in [-0.15, -0.1) is 5.10 Å². The van der Waals surface area contributed by atoms with Gasteiger partial charge in [-0.25, -0.2) is 0 Å². The molecule has 3 aliphatic rings. The van der Waals surface area contributed by atoms with Crippen molar-refractivity contribution in [2.75, 3.05) is 34.4 Å². The molecule has 4 N–H and O–H groups in total. The van der Waals surface area contributed by atoms with Crippen LogP contribution in [0.2, 0.25) is 0 Å². The third-order valence-electron chi connectivity index (χ3n) is 15.1. The number of nitrogens with zero attached hydrogens (tertiary/aromatic N) is 5. The number of hydrogen-bond acceptors (Lipinski definition) is 17. The van der Waals surface area contributed by atoms with Gasteiger partial charge in [0.1, 0.15) is 29.7 Å². The zero-order chi connectivity index (χ0) is 49.6. The third-order valence-corrected chi connectivity index (χ3v) is 15.1. The van der Waals surface area contributed by atoms with Crippen molar-refractivity contribution in [2.24, 2.45) is 23.7 Å². The van der Waals surface area contributed by atoms with Crippen molar-refractivity contribution in [1.82, 2.24) is 24.9 Å². The Kier molecular flexibility index (Phi) is 19.1. The Balaban J connectivity index is 1.45. The van der Waals surface area contributed by atoms with Crippen molar-refractivity contribution in [3.8, 4) is 0 Å². The number of aromatic nitrogens is 4. The highest BCUT2D eigenvalue weighted by Crippen LogP contribution is 2.41. The topological polar surface area (TPSA) is 227 Å². The average Bonchev–Trinajstić information content (AvgIpc) is 3.77. The highest BCUT2D eigenvalue weighted by Gasteiger charge is 2.53. The Morgan fingerprint density at radius 1 is 0.910 bits per heavy atom. The van der Waals surface area contributed by atoms with Gasteiger partial charge < -0.3 is 58.5 Å². The molecule has 0 amide bonds. The highest BCUT2D eigenvalue weighted by molar-refractivity contribution is 5.83. The van der Waals surface area contributed by atoms with Crippen molar-refractivity contribution in [3.05, 3.63) is 42.0 Å². The van der Waals surface area contributed by atoms with Gasteiger partial charge in [-0.05, 0) is 80.0 Å². The van der Waals surface area contributed by atoms with E-state index in [2.05, 4.69) is 20.2 Å². The van der Waals surface area contributed by atoms with E-state index in [1.807, 2.05) is 63.8 Å². The van der Waals surface area contributed by atoms with Crippen LogP contribution < -0.4 is 0 Å². The van der Waals surface area contributed by atoms with E-state index in [9.17, 15) is 30.0 Å². The second-order valence-electron chi connectivity index (χ2n) is 20.3. The second-order valence-corrected chi connectivity index (χ2v) is 20.3. The minimum absolute atomic E-state index is 0.0104. The molecule has 2 aromatic rings. The summed E-state index contributed by atoms with van der Waals surface area (Å²) in [5.41, 5.74) is -2.41. The van der Waals surface area contributed by atoms with Crippen LogP contribution >= 0.6 is 0 Å². The number of cyclic esters (lactones) is 1. The van der Waals surface area contributed by atoms with Crippen LogP contribution in [0.15, 0.2) is 30.6 Å². The molecule has 3 aliphatic heterocycles. The molecule has 0 saturated carbocycles. The molecule has 0 aromatic carbocycles. The molecule has 380 valence electrons. The zero-order valence-electron chi connectivity index (χ0n) is 42.1. The number of likely N-dealkylation sites (N-methyl/N-ethyl adjacent to an activating group) is 1. The maximum Gasteiger partial charge on any atom is 0.311 e. The molecular formula is C49H81N5O13. The number of aliphatic hydroxyl groups is 4. The fourth-order valence-electron chi connectivity index (χ4n) is 10.6. The quantitative estimate of drug-likeness (QED) is 0.188. The lowest BCUT2D eigenvalue weighted by molar-refractivity contribution is -0.304. The lowest BCUT2D eigenvalue weighted by Crippen LogP contribution is -2.61. The lowest BCUT2D eigenvalue weighted by Gasteiger charge is -2.49. The van der Waals surface area contributed by atoms with Gasteiger partial charge >= 0.3 is 5.97 Å². The standard InChI is InChI=1S/C49H81N5O13/c1-14-38-49(10,60)42(57)30(4)39(55)28(2)24-48(9,62-13)44(31(5)41(32(6)45(59)66-38)63-27-36-25-47(8,61-12)43(58)33(7)65-36)67-46-40(56)37(23-29(3)64-46)53(11)21-18-35-26-54(52-51-35)22-19-34-17-15-16-20-50-34/h15-17,20,26,28-33,36-38,40-44,46,56-58,60H,14,18-19,21-25,27H2,1-13H3/t28-,29-,30+,31+,32-,33+,36-,37+,38-,40-,41+,42-,43+,44-,46+,47-,48-,49-/m1/s1. The van der Waals surface area contributed by atoms with Gasteiger partial charge in [-0.2, -0.15) is 0 Å². The third kappa shape index (κ3) is 12.9. The molecule has 3 saturated heterocycles. The number of carbonyl (C=O) groups excluding carboxylic acids is 2. The summed E-state index contributed by atoms with van der Waals surface area (Å²) in [6.45, 7) is 18.5. The molecule has 3 fully saturated rings. The Bertz CT molecular complexity index is 1870. The van der Waals surface area contributed by atoms with Gasteiger partial charge in [-0.1, -0.05) is 39.0 Å². The van der Waals surface area contributed by atoms with E-state index in [1.54, 1.807) is 40.8 Å². The van der Waals surface area contributed by atoms with Crippen molar-refractivity contribution in [2.45, 2.75) is 198 Å². The minimum Gasteiger partial charge on any atom is -0.459 e. The molecule has 5 heterocycles. The van der Waals surface area contributed by atoms with Gasteiger partial charge in [0.25, 0.3) is 0 Å². The molecule has 0 spiro atoms. The van der Waals surface area contributed by atoms with Crippen molar-refractivity contribution in [1.29, 1.82) is 0 Å². The van der Waals surface area contributed by atoms with Crippen molar-refractivity contribution in [3.63, 3.8) is 0 Å². The number of hydrogen-bond donors (Lipinski definition) is 4. The van der Waals surface area contributed by atoms with E-state index in [0.717, 1.165) is 17.8 Å². The van der Waals surface area contributed by atoms with Gasteiger partial charge in [-0.3, -0.25) is 19.3 Å². The number of aliphatic hydroxyl groups excluding tert-OH is 3. The number of rotatable bonds is 15. The predicted molar refractivity (Wildman–Crippen MR) is 247 cm³/mol. The largest absolute Gasteiger partial charge is 0.459 e. The number of carbonyl (C=O) groups is 2. The highest BCUT2D eigenvalue weighted by atomic mass is 16.7. The van der Waals surface area contributed by atoms with E-state index in [-0.39, 0.29) is 31.3 Å². The average molecular weight is 948 g/mol. The van der Waals surface area contributed by atoms with Crippen LogP contribution in [0.25, 0.3) is 0 Å². The molecule has 0 radical (unpaired) electrons. The van der Waals surface area contributed by atoms with Crippen LogP contribution in [0, 0.1) is 23.7 Å². The number of pyridine rings is 1. The molecular weight excluding hydrogens is 867 g/mol. The predicted octanol–water partition coefficient (Wildman–Crippen LogP) is 3.32. The van der Waals surface area contributed by atoms with E-state index >= 15 is 0 Å².